The van der Waals surface area contributed by atoms with E-state index in [4.69, 9.17) is 16.3 Å². The minimum atomic E-state index is -0.658. The van der Waals surface area contributed by atoms with Crippen LogP contribution in [0.5, 0.6) is 0 Å². The molecule has 1 aliphatic heterocycles. The van der Waals surface area contributed by atoms with Gasteiger partial charge in [0, 0.05) is 18.1 Å². The first kappa shape index (κ1) is 18.4. The van der Waals surface area contributed by atoms with Crippen LogP contribution in [0.25, 0.3) is 5.69 Å². The van der Waals surface area contributed by atoms with Crippen molar-refractivity contribution in [3.8, 4) is 5.69 Å². The van der Waals surface area contributed by atoms with E-state index < -0.39 is 5.97 Å². The van der Waals surface area contributed by atoms with Gasteiger partial charge in [-0.15, -0.1) is 5.10 Å². The highest BCUT2D eigenvalue weighted by Gasteiger charge is 2.23. The molecular formula is C18H21ClN4O3. The van der Waals surface area contributed by atoms with Crippen molar-refractivity contribution in [2.45, 2.75) is 26.7 Å². The lowest BCUT2D eigenvalue weighted by atomic mass is 9.99. The van der Waals surface area contributed by atoms with Crippen molar-refractivity contribution in [2.24, 2.45) is 5.92 Å². The molecule has 26 heavy (non-hydrogen) atoms. The molecule has 138 valence electrons. The minimum absolute atomic E-state index is 0.0880. The average molecular weight is 377 g/mol. The topological polar surface area (TPSA) is 77.3 Å². The predicted molar refractivity (Wildman–Crippen MR) is 96.4 cm³/mol. The molecule has 0 aliphatic carbocycles. The van der Waals surface area contributed by atoms with Gasteiger partial charge in [-0.1, -0.05) is 24.6 Å². The number of halogens is 1. The maximum Gasteiger partial charge on any atom is 0.361 e. The van der Waals surface area contributed by atoms with Crippen molar-refractivity contribution in [1.29, 1.82) is 0 Å². The molecule has 7 nitrogen and oxygen atoms in total. The Morgan fingerprint density at radius 3 is 2.69 bits per heavy atom. The van der Waals surface area contributed by atoms with Crippen molar-refractivity contribution < 1.29 is 14.3 Å². The first-order valence-corrected chi connectivity index (χ1v) is 8.96. The number of esters is 1. The quantitative estimate of drug-likeness (QED) is 0.766. The van der Waals surface area contributed by atoms with E-state index in [2.05, 4.69) is 17.1 Å². The summed E-state index contributed by atoms with van der Waals surface area (Å²) < 4.78 is 5.15. The number of carbonyl (C=O) groups excluding carboxylic acids is 2. The van der Waals surface area contributed by atoms with Crippen molar-refractivity contribution >= 4 is 23.5 Å². The fraction of sp³-hybridized carbons (Fsp3) is 0.444. The smallest absolute Gasteiger partial charge is 0.361 e. The zero-order valence-electron chi connectivity index (χ0n) is 14.8. The van der Waals surface area contributed by atoms with E-state index in [0.717, 1.165) is 12.8 Å². The zero-order valence-corrected chi connectivity index (χ0v) is 15.6. The molecule has 0 spiro atoms. The molecule has 0 radical (unpaired) electrons. The van der Waals surface area contributed by atoms with Gasteiger partial charge in [-0.25, -0.2) is 4.79 Å². The Kier molecular flexibility index (Phi) is 5.56. The summed E-state index contributed by atoms with van der Waals surface area (Å²) in [5, 5.41) is 8.93. The van der Waals surface area contributed by atoms with Crippen LogP contribution in [0, 0.1) is 12.8 Å². The Balaban J connectivity index is 1.62. The van der Waals surface area contributed by atoms with Crippen LogP contribution in [0.2, 0.25) is 5.02 Å². The van der Waals surface area contributed by atoms with E-state index in [-0.39, 0.29) is 18.2 Å². The fourth-order valence-corrected chi connectivity index (χ4v) is 3.01. The largest absolute Gasteiger partial charge is 0.451 e. The molecule has 1 aromatic heterocycles. The lowest BCUT2D eigenvalue weighted by Gasteiger charge is -2.30. The number of benzene rings is 1. The number of likely N-dealkylation sites (tertiary alicyclic amines) is 1. The van der Waals surface area contributed by atoms with Crippen LogP contribution in [0.1, 0.15) is 35.9 Å². The number of nitrogens with zero attached hydrogens (tertiary/aromatic N) is 4. The van der Waals surface area contributed by atoms with Gasteiger partial charge in [-0.2, -0.15) is 9.90 Å². The van der Waals surface area contributed by atoms with Gasteiger partial charge in [0.1, 0.15) is 0 Å². The summed E-state index contributed by atoms with van der Waals surface area (Å²) >= 11 is 5.97. The van der Waals surface area contributed by atoms with Gasteiger partial charge in [0.05, 0.1) is 11.4 Å². The number of ether oxygens (including phenoxy) is 1. The first-order chi connectivity index (χ1) is 12.4. The summed E-state index contributed by atoms with van der Waals surface area (Å²) in [5.74, 6) is -0.203. The van der Waals surface area contributed by atoms with Crippen LogP contribution in [0.4, 0.5) is 0 Å². The van der Waals surface area contributed by atoms with Crippen LogP contribution in [-0.2, 0) is 9.53 Å². The molecule has 2 heterocycles. The number of amides is 1. The van der Waals surface area contributed by atoms with Crippen molar-refractivity contribution in [2.75, 3.05) is 19.7 Å². The standard InChI is InChI=1S/C18H21ClN4O3/c1-12-6-8-22(9-7-12)16(24)11-26-18(25)17-13(2)20-23(21-17)15-5-3-4-14(19)10-15/h3-5,10,12H,6-9,11H2,1-2H3. The molecule has 0 bridgehead atoms. The Morgan fingerprint density at radius 1 is 1.27 bits per heavy atom. The maximum absolute atomic E-state index is 12.3. The molecule has 1 amide bonds. The molecule has 8 heteroatoms. The summed E-state index contributed by atoms with van der Waals surface area (Å²) in [6, 6.07) is 6.98. The van der Waals surface area contributed by atoms with Crippen LogP contribution in [-0.4, -0.2) is 51.5 Å². The lowest BCUT2D eigenvalue weighted by Crippen LogP contribution is -2.40. The van der Waals surface area contributed by atoms with E-state index >= 15 is 0 Å². The third kappa shape index (κ3) is 4.22. The number of hydrogen-bond donors (Lipinski definition) is 0. The predicted octanol–water partition coefficient (Wildman–Crippen LogP) is 2.64. The lowest BCUT2D eigenvalue weighted by molar-refractivity contribution is -0.135. The summed E-state index contributed by atoms with van der Waals surface area (Å²) in [6.45, 7) is 4.98. The highest BCUT2D eigenvalue weighted by atomic mass is 35.5. The van der Waals surface area contributed by atoms with Gasteiger partial charge in [0.25, 0.3) is 5.91 Å². The second kappa shape index (κ2) is 7.86. The summed E-state index contributed by atoms with van der Waals surface area (Å²) in [6.07, 6.45) is 1.96. The second-order valence-electron chi connectivity index (χ2n) is 6.54. The fourth-order valence-electron chi connectivity index (χ4n) is 2.83. The highest BCUT2D eigenvalue weighted by molar-refractivity contribution is 6.30. The molecular weight excluding hydrogens is 356 g/mol. The van der Waals surface area contributed by atoms with Gasteiger partial charge in [-0.05, 0) is 43.9 Å². The Labute approximate surface area is 156 Å². The molecule has 3 rings (SSSR count). The highest BCUT2D eigenvalue weighted by Crippen LogP contribution is 2.17. The van der Waals surface area contributed by atoms with Gasteiger partial charge in [-0.3, -0.25) is 4.79 Å². The Bertz CT molecular complexity index is 813. The summed E-state index contributed by atoms with van der Waals surface area (Å²) in [7, 11) is 0. The number of piperidine rings is 1. The Hall–Kier alpha value is -2.41. The second-order valence-corrected chi connectivity index (χ2v) is 6.98. The van der Waals surface area contributed by atoms with Crippen molar-refractivity contribution in [1.82, 2.24) is 19.9 Å². The summed E-state index contributed by atoms with van der Waals surface area (Å²) in [5.41, 5.74) is 1.15. The molecule has 1 aliphatic rings. The molecule has 0 N–H and O–H groups in total. The third-order valence-electron chi connectivity index (χ3n) is 4.48. The average Bonchev–Trinajstić information content (AvgIpc) is 3.02. The molecule has 0 atom stereocenters. The van der Waals surface area contributed by atoms with Crippen LogP contribution in [0.3, 0.4) is 0 Å². The van der Waals surface area contributed by atoms with E-state index in [1.807, 2.05) is 0 Å². The summed E-state index contributed by atoms with van der Waals surface area (Å²) in [4.78, 5) is 27.5. The number of aryl methyl sites for hydroxylation is 1. The van der Waals surface area contributed by atoms with Crippen molar-refractivity contribution in [3.63, 3.8) is 0 Å². The molecule has 1 fully saturated rings. The van der Waals surface area contributed by atoms with E-state index in [1.165, 1.54) is 4.80 Å². The number of aromatic nitrogens is 3. The molecule has 1 aromatic carbocycles. The van der Waals surface area contributed by atoms with E-state index in [9.17, 15) is 9.59 Å². The van der Waals surface area contributed by atoms with Crippen LogP contribution in [0.15, 0.2) is 24.3 Å². The van der Waals surface area contributed by atoms with E-state index in [0.29, 0.717) is 35.4 Å². The van der Waals surface area contributed by atoms with Gasteiger partial charge in [0.2, 0.25) is 0 Å². The SMILES string of the molecule is Cc1nn(-c2cccc(Cl)c2)nc1C(=O)OCC(=O)N1CCC(C)CC1. The van der Waals surface area contributed by atoms with Crippen LogP contribution >= 0.6 is 11.6 Å². The third-order valence-corrected chi connectivity index (χ3v) is 4.71. The van der Waals surface area contributed by atoms with E-state index in [1.54, 1.807) is 36.1 Å². The minimum Gasteiger partial charge on any atom is -0.451 e. The molecule has 0 unspecified atom stereocenters. The van der Waals surface area contributed by atoms with Crippen molar-refractivity contribution in [3.05, 3.63) is 40.7 Å². The maximum atomic E-state index is 12.3. The van der Waals surface area contributed by atoms with Gasteiger partial charge < -0.3 is 9.64 Å². The zero-order chi connectivity index (χ0) is 18.7. The number of rotatable bonds is 4. The van der Waals surface area contributed by atoms with Gasteiger partial charge >= 0.3 is 5.97 Å². The normalized spacial score (nSPS) is 15.1. The van der Waals surface area contributed by atoms with Crippen LogP contribution < -0.4 is 0 Å². The van der Waals surface area contributed by atoms with Gasteiger partial charge in [0.15, 0.2) is 12.3 Å². The molecule has 2 aromatic rings. The monoisotopic (exact) mass is 376 g/mol. The molecule has 0 saturated carbocycles. The number of carbonyl (C=O) groups is 2. The molecule has 1 saturated heterocycles. The Morgan fingerprint density at radius 2 is 2.00 bits per heavy atom. The first-order valence-electron chi connectivity index (χ1n) is 8.59. The number of hydrogen-bond acceptors (Lipinski definition) is 5.